The lowest BCUT2D eigenvalue weighted by Gasteiger charge is -2.15. The van der Waals surface area contributed by atoms with Crippen LogP contribution in [-0.4, -0.2) is 18.5 Å². The van der Waals surface area contributed by atoms with Gasteiger partial charge in [-0.05, 0) is 56.0 Å². The number of thiophene rings is 1. The molecule has 126 valence electrons. The van der Waals surface area contributed by atoms with Crippen molar-refractivity contribution in [1.82, 2.24) is 0 Å². The van der Waals surface area contributed by atoms with E-state index in [1.54, 1.807) is 13.0 Å². The Morgan fingerprint density at radius 3 is 2.71 bits per heavy atom. The molecule has 1 amide bonds. The maximum Gasteiger partial charge on any atom is 0.348 e. The fourth-order valence-electron chi connectivity index (χ4n) is 2.73. The van der Waals surface area contributed by atoms with Crippen molar-refractivity contribution in [3.63, 3.8) is 0 Å². The van der Waals surface area contributed by atoms with Crippen molar-refractivity contribution in [2.75, 3.05) is 11.9 Å². The Bertz CT molecular complexity index is 795. The van der Waals surface area contributed by atoms with E-state index in [9.17, 15) is 9.59 Å². The van der Waals surface area contributed by atoms with Gasteiger partial charge in [-0.25, -0.2) is 4.79 Å². The number of hydrogen-bond donors (Lipinski definition) is 1. The first-order valence-corrected chi connectivity index (χ1v) is 9.01. The molecular weight excluding hydrogens is 346 g/mol. The van der Waals surface area contributed by atoms with Crippen LogP contribution in [0, 0.1) is 6.92 Å². The second kappa shape index (κ2) is 6.57. The van der Waals surface area contributed by atoms with Crippen LogP contribution in [0.1, 0.15) is 40.6 Å². The molecule has 1 fully saturated rings. The van der Waals surface area contributed by atoms with Crippen LogP contribution in [-0.2, 0) is 14.9 Å². The summed E-state index contributed by atoms with van der Waals surface area (Å²) < 4.78 is 5.03. The number of hydrogen-bond acceptors (Lipinski definition) is 4. The van der Waals surface area contributed by atoms with Crippen molar-refractivity contribution in [3.05, 3.63) is 51.4 Å². The summed E-state index contributed by atoms with van der Waals surface area (Å²) >= 11 is 7.30. The van der Waals surface area contributed by atoms with Crippen molar-refractivity contribution in [2.24, 2.45) is 0 Å². The molecule has 0 aliphatic heterocycles. The molecule has 0 bridgehead atoms. The summed E-state index contributed by atoms with van der Waals surface area (Å²) in [6.07, 6.45) is 1.60. The lowest BCUT2D eigenvalue weighted by Crippen LogP contribution is -2.27. The molecule has 1 aliphatic rings. The van der Waals surface area contributed by atoms with Gasteiger partial charge in [0, 0.05) is 5.02 Å². The SMILES string of the molecule is CCOC(=O)c1sc(NC(=O)C2(c3cccc(Cl)c3)CC2)cc1C. The maximum absolute atomic E-state index is 12.8. The molecule has 1 aliphatic carbocycles. The van der Waals surface area contributed by atoms with Crippen molar-refractivity contribution in [3.8, 4) is 0 Å². The van der Waals surface area contributed by atoms with E-state index in [2.05, 4.69) is 5.32 Å². The van der Waals surface area contributed by atoms with E-state index in [-0.39, 0.29) is 11.9 Å². The molecule has 1 aromatic heterocycles. The Hall–Kier alpha value is -1.85. The third kappa shape index (κ3) is 3.19. The van der Waals surface area contributed by atoms with Gasteiger partial charge in [0.15, 0.2) is 0 Å². The van der Waals surface area contributed by atoms with E-state index in [0.29, 0.717) is 21.5 Å². The van der Waals surface area contributed by atoms with Gasteiger partial charge in [-0.1, -0.05) is 23.7 Å². The normalized spacial score (nSPS) is 15.0. The molecule has 1 N–H and O–H groups in total. The smallest absolute Gasteiger partial charge is 0.348 e. The van der Waals surface area contributed by atoms with Crippen LogP contribution in [0.3, 0.4) is 0 Å². The van der Waals surface area contributed by atoms with E-state index in [1.807, 2.05) is 31.2 Å². The van der Waals surface area contributed by atoms with Crippen LogP contribution in [0.25, 0.3) is 0 Å². The molecule has 0 radical (unpaired) electrons. The van der Waals surface area contributed by atoms with E-state index >= 15 is 0 Å². The average molecular weight is 364 g/mol. The monoisotopic (exact) mass is 363 g/mol. The minimum atomic E-state index is -0.507. The van der Waals surface area contributed by atoms with E-state index in [0.717, 1.165) is 24.0 Å². The Balaban J connectivity index is 1.78. The van der Waals surface area contributed by atoms with Crippen LogP contribution >= 0.6 is 22.9 Å². The molecule has 2 aromatic rings. The van der Waals surface area contributed by atoms with E-state index < -0.39 is 5.41 Å². The quantitative estimate of drug-likeness (QED) is 0.792. The zero-order valence-corrected chi connectivity index (χ0v) is 15.1. The van der Waals surface area contributed by atoms with Crippen molar-refractivity contribution in [1.29, 1.82) is 0 Å². The van der Waals surface area contributed by atoms with Gasteiger partial charge in [-0.3, -0.25) is 4.79 Å². The summed E-state index contributed by atoms with van der Waals surface area (Å²) in [7, 11) is 0. The molecule has 0 saturated heterocycles. The standard InChI is InChI=1S/C18H18ClNO3S/c1-3-23-16(21)15-11(2)9-14(24-15)20-17(22)18(7-8-18)12-5-4-6-13(19)10-12/h4-6,9-10H,3,7-8H2,1-2H3,(H,20,22). The highest BCUT2D eigenvalue weighted by Gasteiger charge is 2.51. The summed E-state index contributed by atoms with van der Waals surface area (Å²) in [5.41, 5.74) is 1.24. The van der Waals surface area contributed by atoms with Crippen LogP contribution in [0.2, 0.25) is 5.02 Å². The van der Waals surface area contributed by atoms with Gasteiger partial charge in [0.05, 0.1) is 17.0 Å². The second-order valence-electron chi connectivity index (χ2n) is 5.89. The lowest BCUT2D eigenvalue weighted by atomic mass is 9.95. The number of esters is 1. The first-order chi connectivity index (χ1) is 11.5. The van der Waals surface area contributed by atoms with Gasteiger partial charge >= 0.3 is 5.97 Å². The van der Waals surface area contributed by atoms with Gasteiger partial charge in [-0.15, -0.1) is 11.3 Å². The minimum absolute atomic E-state index is 0.0542. The zero-order chi connectivity index (χ0) is 17.3. The summed E-state index contributed by atoms with van der Waals surface area (Å²) in [5.74, 6) is -0.405. The van der Waals surface area contributed by atoms with Crippen LogP contribution in [0.5, 0.6) is 0 Å². The Morgan fingerprint density at radius 1 is 1.33 bits per heavy atom. The molecule has 3 rings (SSSR count). The fourth-order valence-corrected chi connectivity index (χ4v) is 3.88. The summed E-state index contributed by atoms with van der Waals surface area (Å²) in [4.78, 5) is 25.2. The van der Waals surface area contributed by atoms with Gasteiger partial charge in [0.2, 0.25) is 5.91 Å². The van der Waals surface area contributed by atoms with Crippen molar-refractivity contribution < 1.29 is 14.3 Å². The second-order valence-corrected chi connectivity index (χ2v) is 7.38. The highest BCUT2D eigenvalue weighted by Crippen LogP contribution is 2.49. The number of amides is 1. The van der Waals surface area contributed by atoms with Crippen molar-refractivity contribution >= 4 is 39.8 Å². The lowest BCUT2D eigenvalue weighted by molar-refractivity contribution is -0.118. The van der Waals surface area contributed by atoms with Gasteiger partial charge in [0.25, 0.3) is 0 Å². The Morgan fingerprint density at radius 2 is 2.08 bits per heavy atom. The number of ether oxygens (including phenoxy) is 1. The largest absolute Gasteiger partial charge is 0.462 e. The van der Waals surface area contributed by atoms with Crippen LogP contribution < -0.4 is 5.32 Å². The molecule has 1 heterocycles. The molecule has 1 aromatic carbocycles. The molecule has 6 heteroatoms. The Kier molecular flexibility index (Phi) is 4.65. The van der Waals surface area contributed by atoms with Gasteiger partial charge in [-0.2, -0.15) is 0 Å². The van der Waals surface area contributed by atoms with E-state index in [4.69, 9.17) is 16.3 Å². The number of halogens is 1. The fraction of sp³-hybridized carbons (Fsp3) is 0.333. The number of rotatable bonds is 5. The highest BCUT2D eigenvalue weighted by atomic mass is 35.5. The predicted molar refractivity (Wildman–Crippen MR) is 96.0 cm³/mol. The van der Waals surface area contributed by atoms with Crippen molar-refractivity contribution in [2.45, 2.75) is 32.1 Å². The molecule has 0 unspecified atom stereocenters. The minimum Gasteiger partial charge on any atom is -0.462 e. The third-order valence-corrected chi connectivity index (χ3v) is 5.54. The van der Waals surface area contributed by atoms with Crippen LogP contribution in [0.15, 0.2) is 30.3 Å². The number of carbonyl (C=O) groups excluding carboxylic acids is 2. The number of carbonyl (C=O) groups is 2. The number of aryl methyl sites for hydroxylation is 1. The summed E-state index contributed by atoms with van der Waals surface area (Å²) in [6, 6.07) is 9.25. The molecule has 4 nitrogen and oxygen atoms in total. The summed E-state index contributed by atoms with van der Waals surface area (Å²) in [5, 5.41) is 4.24. The third-order valence-electron chi connectivity index (χ3n) is 4.18. The predicted octanol–water partition coefficient (Wildman–Crippen LogP) is 4.56. The van der Waals surface area contributed by atoms with Crippen LogP contribution in [0.4, 0.5) is 5.00 Å². The first-order valence-electron chi connectivity index (χ1n) is 7.81. The molecular formula is C18H18ClNO3S. The first kappa shape index (κ1) is 17.0. The highest BCUT2D eigenvalue weighted by molar-refractivity contribution is 7.18. The van der Waals surface area contributed by atoms with Gasteiger partial charge in [0.1, 0.15) is 4.88 Å². The number of anilines is 1. The topological polar surface area (TPSA) is 55.4 Å². The number of benzene rings is 1. The van der Waals surface area contributed by atoms with E-state index in [1.165, 1.54) is 11.3 Å². The average Bonchev–Trinajstić information content (AvgIpc) is 3.27. The molecule has 24 heavy (non-hydrogen) atoms. The molecule has 1 saturated carbocycles. The Labute approximate surface area is 149 Å². The maximum atomic E-state index is 12.8. The zero-order valence-electron chi connectivity index (χ0n) is 13.5. The summed E-state index contributed by atoms with van der Waals surface area (Å²) in [6.45, 7) is 3.93. The number of nitrogens with one attached hydrogen (secondary N) is 1. The molecule has 0 atom stereocenters. The van der Waals surface area contributed by atoms with Gasteiger partial charge < -0.3 is 10.1 Å². The molecule has 0 spiro atoms.